The maximum Gasteiger partial charge on any atom is 0.435 e. The van der Waals surface area contributed by atoms with E-state index in [0.717, 1.165) is 34.9 Å². The van der Waals surface area contributed by atoms with Crippen molar-refractivity contribution in [1.29, 1.82) is 0 Å². The third-order valence-corrected chi connectivity index (χ3v) is 6.09. The topological polar surface area (TPSA) is 65.4 Å². The lowest BCUT2D eigenvalue weighted by Gasteiger charge is -2.38. The van der Waals surface area contributed by atoms with Crippen molar-refractivity contribution < 1.29 is 27.4 Å². The van der Waals surface area contributed by atoms with Crippen LogP contribution in [0.3, 0.4) is 0 Å². The Kier molecular flexibility index (Phi) is 6.92. The van der Waals surface area contributed by atoms with Gasteiger partial charge in [-0.25, -0.2) is 4.68 Å². The highest BCUT2D eigenvalue weighted by atomic mass is 19.4. The van der Waals surface area contributed by atoms with Gasteiger partial charge in [-0.05, 0) is 67.8 Å². The molecule has 0 atom stereocenters. The first-order valence-corrected chi connectivity index (χ1v) is 11.1. The van der Waals surface area contributed by atoms with Crippen LogP contribution in [0.2, 0.25) is 0 Å². The molecule has 1 fully saturated rings. The van der Waals surface area contributed by atoms with Gasteiger partial charge in [0.2, 0.25) is 0 Å². The molecule has 3 aromatic rings. The first-order chi connectivity index (χ1) is 16.3. The molecule has 9 heteroatoms. The van der Waals surface area contributed by atoms with E-state index in [9.17, 15) is 18.0 Å². The number of alkyl halides is 3. The molecule has 1 aliphatic rings. The average molecular weight is 473 g/mol. The second-order valence-corrected chi connectivity index (χ2v) is 8.22. The summed E-state index contributed by atoms with van der Waals surface area (Å²) in [5.74, 6) is 0.553. The molecule has 0 spiro atoms. The smallest absolute Gasteiger partial charge is 0.435 e. The third kappa shape index (κ3) is 5.25. The van der Waals surface area contributed by atoms with Crippen molar-refractivity contribution in [2.45, 2.75) is 31.4 Å². The van der Waals surface area contributed by atoms with Crippen molar-refractivity contribution >= 4 is 5.91 Å². The van der Waals surface area contributed by atoms with Gasteiger partial charge in [-0.1, -0.05) is 12.1 Å². The molecule has 0 unspecified atom stereocenters. The molecule has 0 aliphatic carbocycles. The van der Waals surface area contributed by atoms with Gasteiger partial charge in [-0.2, -0.15) is 18.3 Å². The first kappa shape index (κ1) is 23.8. The van der Waals surface area contributed by atoms with Crippen molar-refractivity contribution in [3.63, 3.8) is 0 Å². The zero-order valence-corrected chi connectivity index (χ0v) is 18.8. The lowest BCUT2D eigenvalue weighted by molar-refractivity contribution is -0.141. The number of aromatic nitrogens is 2. The van der Waals surface area contributed by atoms with Crippen molar-refractivity contribution in [2.24, 2.45) is 0 Å². The number of ether oxygens (including phenoxy) is 2. The highest BCUT2D eigenvalue weighted by molar-refractivity contribution is 5.94. The summed E-state index contributed by atoms with van der Waals surface area (Å²) >= 11 is 0. The SMILES string of the molecule is CCOc1ccc(C2(CNC(=O)c3ccc(-n4ccc(C(F)(F)F)n4)cc3)CCOCC2)cc1. The molecule has 0 saturated carbocycles. The van der Waals surface area contributed by atoms with Gasteiger partial charge in [0.05, 0.1) is 12.3 Å². The highest BCUT2D eigenvalue weighted by Gasteiger charge is 2.35. The molecule has 180 valence electrons. The van der Waals surface area contributed by atoms with Crippen LogP contribution in [0.5, 0.6) is 5.75 Å². The second kappa shape index (κ2) is 9.89. The number of hydrogen-bond donors (Lipinski definition) is 1. The Balaban J connectivity index is 1.45. The Labute approximate surface area is 195 Å². The van der Waals surface area contributed by atoms with E-state index < -0.39 is 11.9 Å². The van der Waals surface area contributed by atoms with Gasteiger partial charge >= 0.3 is 6.18 Å². The molecule has 6 nitrogen and oxygen atoms in total. The van der Waals surface area contributed by atoms with E-state index in [4.69, 9.17) is 9.47 Å². The zero-order valence-electron chi connectivity index (χ0n) is 18.8. The molecule has 0 radical (unpaired) electrons. The van der Waals surface area contributed by atoms with Gasteiger partial charge in [-0.3, -0.25) is 4.79 Å². The van der Waals surface area contributed by atoms with Crippen LogP contribution in [0.4, 0.5) is 13.2 Å². The molecule has 1 saturated heterocycles. The van der Waals surface area contributed by atoms with Crippen LogP contribution in [-0.2, 0) is 16.3 Å². The quantitative estimate of drug-likeness (QED) is 0.537. The molecule has 1 aromatic heterocycles. The first-order valence-electron chi connectivity index (χ1n) is 11.1. The molecule has 2 heterocycles. The Hall–Kier alpha value is -3.33. The number of amides is 1. The minimum atomic E-state index is -4.51. The van der Waals surface area contributed by atoms with Crippen LogP contribution in [0.25, 0.3) is 5.69 Å². The van der Waals surface area contributed by atoms with Crippen LogP contribution < -0.4 is 10.1 Å². The lowest BCUT2D eigenvalue weighted by atomic mass is 9.74. The van der Waals surface area contributed by atoms with Gasteiger partial charge in [-0.15, -0.1) is 0 Å². The van der Waals surface area contributed by atoms with Gasteiger partial charge in [0.25, 0.3) is 5.91 Å². The largest absolute Gasteiger partial charge is 0.494 e. The van der Waals surface area contributed by atoms with E-state index in [1.54, 1.807) is 24.3 Å². The Morgan fingerprint density at radius 2 is 1.76 bits per heavy atom. The number of nitrogens with one attached hydrogen (secondary N) is 1. The molecular formula is C25H26F3N3O3. The standard InChI is InChI=1S/C25H26F3N3O3/c1-2-34-21-9-5-19(6-10-21)24(12-15-33-16-13-24)17-29-23(32)18-3-7-20(8-4-18)31-14-11-22(30-31)25(26,27)28/h3-11,14H,2,12-13,15-17H2,1H3,(H,29,32). The van der Waals surface area contributed by atoms with Crippen LogP contribution in [0, 0.1) is 0 Å². The maximum absolute atomic E-state index is 12.9. The molecule has 2 aromatic carbocycles. The predicted octanol–water partition coefficient (Wildman–Crippen LogP) is 4.77. The number of carbonyl (C=O) groups is 1. The summed E-state index contributed by atoms with van der Waals surface area (Å²) in [7, 11) is 0. The number of nitrogens with zero attached hydrogens (tertiary/aromatic N) is 2. The number of carbonyl (C=O) groups excluding carboxylic acids is 1. The number of hydrogen-bond acceptors (Lipinski definition) is 4. The van der Waals surface area contributed by atoms with Crippen LogP contribution >= 0.6 is 0 Å². The van der Waals surface area contributed by atoms with Gasteiger partial charge in [0, 0.05) is 36.9 Å². The minimum Gasteiger partial charge on any atom is -0.494 e. The highest BCUT2D eigenvalue weighted by Crippen LogP contribution is 2.35. The molecular weight excluding hydrogens is 447 g/mol. The number of halogens is 3. The summed E-state index contributed by atoms with van der Waals surface area (Å²) in [4.78, 5) is 12.9. The summed E-state index contributed by atoms with van der Waals surface area (Å²) in [6.45, 7) is 4.20. The molecule has 1 N–H and O–H groups in total. The van der Waals surface area contributed by atoms with E-state index >= 15 is 0 Å². The third-order valence-electron chi connectivity index (χ3n) is 6.09. The summed E-state index contributed by atoms with van der Waals surface area (Å²) in [5.41, 5.74) is 0.754. The fourth-order valence-electron chi connectivity index (χ4n) is 4.14. The van der Waals surface area contributed by atoms with E-state index in [1.807, 2.05) is 31.2 Å². The summed E-state index contributed by atoms with van der Waals surface area (Å²) in [5, 5.41) is 6.59. The Bertz CT molecular complexity index is 1100. The molecule has 1 aliphatic heterocycles. The monoisotopic (exact) mass is 473 g/mol. The molecule has 0 bridgehead atoms. The minimum absolute atomic E-state index is 0.248. The van der Waals surface area contributed by atoms with Gasteiger partial charge in [0.15, 0.2) is 5.69 Å². The van der Waals surface area contributed by atoms with E-state index in [2.05, 4.69) is 10.4 Å². The fraction of sp³-hybridized carbons (Fsp3) is 0.360. The van der Waals surface area contributed by atoms with Crippen molar-refractivity contribution in [3.05, 3.63) is 77.6 Å². The number of rotatable bonds is 7. The van der Waals surface area contributed by atoms with Crippen molar-refractivity contribution in [3.8, 4) is 11.4 Å². The van der Waals surface area contributed by atoms with E-state index in [1.165, 1.54) is 6.20 Å². The second-order valence-electron chi connectivity index (χ2n) is 8.22. The van der Waals surface area contributed by atoms with Crippen LogP contribution in [-0.4, -0.2) is 42.1 Å². The van der Waals surface area contributed by atoms with Gasteiger partial charge in [0.1, 0.15) is 5.75 Å². The summed E-state index contributed by atoms with van der Waals surface area (Å²) in [6, 6.07) is 15.2. The predicted molar refractivity (Wildman–Crippen MR) is 120 cm³/mol. The Morgan fingerprint density at radius 3 is 2.35 bits per heavy atom. The van der Waals surface area contributed by atoms with Gasteiger partial charge < -0.3 is 14.8 Å². The van der Waals surface area contributed by atoms with Crippen LogP contribution in [0.15, 0.2) is 60.8 Å². The van der Waals surface area contributed by atoms with E-state index in [0.29, 0.717) is 37.6 Å². The number of benzene rings is 2. The lowest BCUT2D eigenvalue weighted by Crippen LogP contribution is -2.44. The fourth-order valence-corrected chi connectivity index (χ4v) is 4.14. The molecule has 34 heavy (non-hydrogen) atoms. The molecule has 1 amide bonds. The summed E-state index contributed by atoms with van der Waals surface area (Å²) in [6.07, 6.45) is -1.71. The van der Waals surface area contributed by atoms with Crippen molar-refractivity contribution in [1.82, 2.24) is 15.1 Å². The molecule has 4 rings (SSSR count). The summed E-state index contributed by atoms with van der Waals surface area (Å²) < 4.78 is 50.6. The zero-order chi connectivity index (χ0) is 24.2. The van der Waals surface area contributed by atoms with Crippen LogP contribution in [0.1, 0.15) is 41.4 Å². The Morgan fingerprint density at radius 1 is 1.09 bits per heavy atom. The van der Waals surface area contributed by atoms with E-state index in [-0.39, 0.29) is 11.3 Å². The normalized spacial score (nSPS) is 15.6. The average Bonchev–Trinajstić information content (AvgIpc) is 3.35. The maximum atomic E-state index is 12.9. The van der Waals surface area contributed by atoms with Crippen molar-refractivity contribution in [2.75, 3.05) is 26.4 Å².